The summed E-state index contributed by atoms with van der Waals surface area (Å²) >= 11 is 0. The number of anilines is 4. The van der Waals surface area contributed by atoms with Crippen LogP contribution in [0, 0.1) is 0 Å². The lowest BCUT2D eigenvalue weighted by atomic mass is 10.2. The van der Waals surface area contributed by atoms with Gasteiger partial charge in [0.1, 0.15) is 5.82 Å². The highest BCUT2D eigenvalue weighted by Crippen LogP contribution is 2.26. The van der Waals surface area contributed by atoms with E-state index in [0.29, 0.717) is 0 Å². The van der Waals surface area contributed by atoms with E-state index in [2.05, 4.69) is 86.1 Å². The molecule has 3 aromatic rings. The fraction of sp³-hybridized carbons (Fsp3) is 0.320. The summed E-state index contributed by atoms with van der Waals surface area (Å²) < 4.78 is 5.44. The molecular weight excluding hydrogens is 386 g/mol. The second kappa shape index (κ2) is 9.37. The Morgan fingerprint density at radius 2 is 1.77 bits per heavy atom. The first-order valence-electron chi connectivity index (χ1n) is 11.0. The predicted molar refractivity (Wildman–Crippen MR) is 126 cm³/mol. The standard InChI is InChI=1S/C25H29N5O/c1-2-4-20(5-3-1)18-29-11-10-26-24-16-25(27-17-21(24)19-29)28-22-6-8-23(9-7-22)30-12-14-31-15-13-30/h1-9,16-17,26H,10-15,18-19H2,(H,27,28). The molecule has 0 aliphatic carbocycles. The quantitative estimate of drug-likeness (QED) is 0.655. The number of nitrogens with one attached hydrogen (secondary N) is 2. The number of morpholine rings is 1. The van der Waals surface area contributed by atoms with Gasteiger partial charge >= 0.3 is 0 Å². The first kappa shape index (κ1) is 19.8. The van der Waals surface area contributed by atoms with Crippen LogP contribution in [0.3, 0.4) is 0 Å². The molecule has 2 N–H and O–H groups in total. The van der Waals surface area contributed by atoms with E-state index in [1.165, 1.54) is 16.8 Å². The molecule has 0 unspecified atom stereocenters. The summed E-state index contributed by atoms with van der Waals surface area (Å²) in [5.41, 5.74) is 6.03. The first-order chi connectivity index (χ1) is 15.3. The molecule has 0 saturated carbocycles. The Kier molecular flexibility index (Phi) is 6.00. The van der Waals surface area contributed by atoms with E-state index in [9.17, 15) is 0 Å². The Hall–Kier alpha value is -3.09. The van der Waals surface area contributed by atoms with Gasteiger partial charge in [0, 0.05) is 74.2 Å². The number of ether oxygens (including phenoxy) is 1. The lowest BCUT2D eigenvalue weighted by molar-refractivity contribution is 0.122. The molecule has 0 bridgehead atoms. The van der Waals surface area contributed by atoms with Gasteiger partial charge in [-0.15, -0.1) is 0 Å². The molecule has 2 aromatic carbocycles. The van der Waals surface area contributed by atoms with Crippen LogP contribution in [0.25, 0.3) is 0 Å². The van der Waals surface area contributed by atoms with Gasteiger partial charge in [0.15, 0.2) is 0 Å². The number of nitrogens with zero attached hydrogens (tertiary/aromatic N) is 3. The lowest BCUT2D eigenvalue weighted by Crippen LogP contribution is -2.36. The van der Waals surface area contributed by atoms with Crippen molar-refractivity contribution in [2.75, 3.05) is 54.9 Å². The molecule has 6 nitrogen and oxygen atoms in total. The fourth-order valence-corrected chi connectivity index (χ4v) is 4.21. The number of pyridine rings is 1. The molecule has 3 heterocycles. The van der Waals surface area contributed by atoms with Crippen LogP contribution in [-0.4, -0.2) is 49.3 Å². The van der Waals surface area contributed by atoms with Crippen molar-refractivity contribution in [1.82, 2.24) is 9.88 Å². The number of hydrogen-bond donors (Lipinski definition) is 2. The molecule has 6 heteroatoms. The van der Waals surface area contributed by atoms with Crippen molar-refractivity contribution in [3.05, 3.63) is 78.0 Å². The van der Waals surface area contributed by atoms with Gasteiger partial charge in [0.25, 0.3) is 0 Å². The van der Waals surface area contributed by atoms with Gasteiger partial charge in [-0.2, -0.15) is 0 Å². The number of benzene rings is 2. The Morgan fingerprint density at radius 3 is 2.58 bits per heavy atom. The highest BCUT2D eigenvalue weighted by Gasteiger charge is 2.16. The van der Waals surface area contributed by atoms with Crippen molar-refractivity contribution in [2.24, 2.45) is 0 Å². The molecule has 160 valence electrons. The second-order valence-corrected chi connectivity index (χ2v) is 8.12. The molecule has 1 fully saturated rings. The molecule has 5 rings (SSSR count). The maximum absolute atomic E-state index is 5.44. The molecule has 2 aliphatic heterocycles. The number of fused-ring (bicyclic) bond motifs is 1. The van der Waals surface area contributed by atoms with E-state index in [1.807, 2.05) is 6.20 Å². The molecular formula is C25H29N5O. The van der Waals surface area contributed by atoms with Crippen molar-refractivity contribution in [1.29, 1.82) is 0 Å². The number of rotatable bonds is 5. The normalized spacial score (nSPS) is 16.8. The zero-order chi connectivity index (χ0) is 20.9. The van der Waals surface area contributed by atoms with E-state index in [1.54, 1.807) is 0 Å². The van der Waals surface area contributed by atoms with Crippen LogP contribution in [0.4, 0.5) is 22.9 Å². The van der Waals surface area contributed by atoms with E-state index < -0.39 is 0 Å². The molecule has 0 spiro atoms. The predicted octanol–water partition coefficient (Wildman–Crippen LogP) is 4.09. The topological polar surface area (TPSA) is 52.7 Å². The van der Waals surface area contributed by atoms with Crippen molar-refractivity contribution in [3.8, 4) is 0 Å². The monoisotopic (exact) mass is 415 g/mol. The van der Waals surface area contributed by atoms with Gasteiger partial charge < -0.3 is 20.3 Å². The third kappa shape index (κ3) is 4.98. The molecule has 1 aromatic heterocycles. The Morgan fingerprint density at radius 1 is 0.968 bits per heavy atom. The third-order valence-corrected chi connectivity index (χ3v) is 5.89. The molecule has 0 amide bonds. The number of hydrogen-bond acceptors (Lipinski definition) is 6. The summed E-state index contributed by atoms with van der Waals surface area (Å²) in [5, 5.41) is 7.03. The van der Waals surface area contributed by atoms with Crippen LogP contribution >= 0.6 is 0 Å². The fourth-order valence-electron chi connectivity index (χ4n) is 4.21. The lowest BCUT2D eigenvalue weighted by Gasteiger charge is -2.28. The van der Waals surface area contributed by atoms with Crippen molar-refractivity contribution in [3.63, 3.8) is 0 Å². The van der Waals surface area contributed by atoms with Crippen molar-refractivity contribution < 1.29 is 4.74 Å². The first-order valence-corrected chi connectivity index (χ1v) is 11.0. The second-order valence-electron chi connectivity index (χ2n) is 8.12. The van der Waals surface area contributed by atoms with Crippen LogP contribution in [0.1, 0.15) is 11.1 Å². The van der Waals surface area contributed by atoms with E-state index in [4.69, 9.17) is 4.74 Å². The molecule has 0 atom stereocenters. The summed E-state index contributed by atoms with van der Waals surface area (Å²) in [6, 6.07) is 21.3. The minimum absolute atomic E-state index is 0.800. The van der Waals surface area contributed by atoms with E-state index in [0.717, 1.165) is 69.7 Å². The minimum Gasteiger partial charge on any atom is -0.383 e. The van der Waals surface area contributed by atoms with Crippen LogP contribution < -0.4 is 15.5 Å². The van der Waals surface area contributed by atoms with Crippen LogP contribution in [0.15, 0.2) is 66.9 Å². The highest BCUT2D eigenvalue weighted by atomic mass is 16.5. The van der Waals surface area contributed by atoms with Gasteiger partial charge in [-0.3, -0.25) is 4.90 Å². The molecule has 31 heavy (non-hydrogen) atoms. The summed E-state index contributed by atoms with van der Waals surface area (Å²) in [5.74, 6) is 0.863. The van der Waals surface area contributed by atoms with E-state index >= 15 is 0 Å². The molecule has 1 saturated heterocycles. The average molecular weight is 416 g/mol. The summed E-state index contributed by atoms with van der Waals surface area (Å²) in [7, 11) is 0. The third-order valence-electron chi connectivity index (χ3n) is 5.89. The smallest absolute Gasteiger partial charge is 0.132 e. The SMILES string of the molecule is c1ccc(CN2CCNc3cc(Nc4ccc(N5CCOCC5)cc4)ncc3C2)cc1. The summed E-state index contributed by atoms with van der Waals surface area (Å²) in [4.78, 5) is 9.50. The largest absolute Gasteiger partial charge is 0.383 e. The van der Waals surface area contributed by atoms with Crippen molar-refractivity contribution >= 4 is 22.9 Å². The van der Waals surface area contributed by atoms with Gasteiger partial charge in [0.05, 0.1) is 13.2 Å². The van der Waals surface area contributed by atoms with Gasteiger partial charge in [-0.05, 0) is 29.8 Å². The summed E-state index contributed by atoms with van der Waals surface area (Å²) in [6.45, 7) is 7.30. The van der Waals surface area contributed by atoms with Crippen LogP contribution in [0.5, 0.6) is 0 Å². The van der Waals surface area contributed by atoms with Crippen molar-refractivity contribution in [2.45, 2.75) is 13.1 Å². The number of aromatic nitrogens is 1. The molecule has 2 aliphatic rings. The Labute approximate surface area is 183 Å². The van der Waals surface area contributed by atoms with Crippen LogP contribution in [0.2, 0.25) is 0 Å². The average Bonchev–Trinajstić information content (AvgIpc) is 3.02. The molecule has 0 radical (unpaired) electrons. The van der Waals surface area contributed by atoms with Gasteiger partial charge in [-0.25, -0.2) is 4.98 Å². The zero-order valence-corrected chi connectivity index (χ0v) is 17.8. The summed E-state index contributed by atoms with van der Waals surface area (Å²) in [6.07, 6.45) is 2.00. The van der Waals surface area contributed by atoms with Gasteiger partial charge in [0.2, 0.25) is 0 Å². The minimum atomic E-state index is 0.800. The van der Waals surface area contributed by atoms with Crippen LogP contribution in [-0.2, 0) is 17.8 Å². The Bertz CT molecular complexity index is 987. The Balaban J connectivity index is 1.24. The van der Waals surface area contributed by atoms with Gasteiger partial charge in [-0.1, -0.05) is 30.3 Å². The maximum atomic E-state index is 5.44. The van der Waals surface area contributed by atoms with E-state index in [-0.39, 0.29) is 0 Å². The highest BCUT2D eigenvalue weighted by molar-refractivity contribution is 5.65. The zero-order valence-electron chi connectivity index (χ0n) is 17.8. The maximum Gasteiger partial charge on any atom is 0.132 e.